The molecule has 0 aromatic heterocycles. The third kappa shape index (κ3) is 10.5. The summed E-state index contributed by atoms with van der Waals surface area (Å²) in [6, 6.07) is 4.42. The van der Waals surface area contributed by atoms with Gasteiger partial charge in [-0.1, -0.05) is 33.8 Å². The number of aliphatic carboxylic acids is 1. The van der Waals surface area contributed by atoms with Crippen LogP contribution in [0.4, 0.5) is 0 Å². The molecular weight excluding hydrogens is 286 g/mol. The predicted molar refractivity (Wildman–Crippen MR) is 86.1 cm³/mol. The van der Waals surface area contributed by atoms with E-state index in [2.05, 4.69) is 5.32 Å². The minimum atomic E-state index is -1.01. The summed E-state index contributed by atoms with van der Waals surface area (Å²) in [6.45, 7) is 8.35. The van der Waals surface area contributed by atoms with Crippen LogP contribution in [0.5, 0.6) is 11.5 Å². The van der Waals surface area contributed by atoms with Gasteiger partial charge in [-0.05, 0) is 24.1 Å². The maximum atomic E-state index is 11.2. The maximum Gasteiger partial charge on any atom is 0.303 e. The molecule has 22 heavy (non-hydrogen) atoms. The number of hydrogen-bond donors (Lipinski definition) is 4. The monoisotopic (exact) mass is 313 g/mol. The van der Waals surface area contributed by atoms with Gasteiger partial charge in [0.15, 0.2) is 11.5 Å². The van der Waals surface area contributed by atoms with Crippen LogP contribution >= 0.6 is 0 Å². The molecule has 0 aliphatic carbocycles. The van der Waals surface area contributed by atoms with Gasteiger partial charge in [0.1, 0.15) is 0 Å². The number of carboxylic acids is 1. The van der Waals surface area contributed by atoms with E-state index < -0.39 is 5.97 Å². The topological polar surface area (TPSA) is 107 Å². The molecule has 0 fully saturated rings. The molecule has 1 rings (SSSR count). The summed E-state index contributed by atoms with van der Waals surface area (Å²) in [7, 11) is 0. The van der Waals surface area contributed by atoms with E-state index >= 15 is 0 Å². The average Bonchev–Trinajstić information content (AvgIpc) is 2.53. The van der Waals surface area contributed by atoms with Gasteiger partial charge in [0.05, 0.1) is 6.42 Å². The van der Waals surface area contributed by atoms with Crippen LogP contribution in [0, 0.1) is 0 Å². The van der Waals surface area contributed by atoms with Crippen molar-refractivity contribution in [1.29, 1.82) is 0 Å². The Morgan fingerprint density at radius 2 is 1.59 bits per heavy atom. The molecule has 0 radical (unpaired) electrons. The van der Waals surface area contributed by atoms with Gasteiger partial charge >= 0.3 is 5.97 Å². The van der Waals surface area contributed by atoms with E-state index in [-0.39, 0.29) is 30.2 Å². The molecule has 6 heteroatoms. The fourth-order valence-electron chi connectivity index (χ4n) is 1.38. The fourth-order valence-corrected chi connectivity index (χ4v) is 1.38. The molecule has 1 amide bonds. The largest absolute Gasteiger partial charge is 0.504 e. The Balaban J connectivity index is 0. The molecule has 1 aromatic rings. The van der Waals surface area contributed by atoms with E-state index in [1.807, 2.05) is 27.7 Å². The number of phenolic OH excluding ortho intramolecular Hbond substituents is 2. The van der Waals surface area contributed by atoms with Crippen LogP contribution in [-0.2, 0) is 16.0 Å². The molecule has 0 bridgehead atoms. The van der Waals surface area contributed by atoms with Gasteiger partial charge in [-0.2, -0.15) is 0 Å². The number of rotatable bonds is 6. The lowest BCUT2D eigenvalue weighted by molar-refractivity contribution is -0.138. The number of benzene rings is 1. The Morgan fingerprint density at radius 1 is 1.00 bits per heavy atom. The van der Waals surface area contributed by atoms with Gasteiger partial charge in [-0.15, -0.1) is 0 Å². The Labute approximate surface area is 131 Å². The molecule has 0 unspecified atom stereocenters. The van der Waals surface area contributed by atoms with Crippen LogP contribution in [0.15, 0.2) is 18.2 Å². The standard InChI is InChI=1S/C12H15NO5.2C2H6/c14-9-2-1-8(7-10(9)15)5-6-13-11(16)3-4-12(17)18;2*1-2/h1-2,7,14-15H,3-6H2,(H,13,16)(H,17,18);2*1-2H3. The number of amides is 1. The van der Waals surface area contributed by atoms with Crippen LogP contribution in [0.25, 0.3) is 0 Å². The van der Waals surface area contributed by atoms with E-state index in [0.717, 1.165) is 5.56 Å². The summed E-state index contributed by atoms with van der Waals surface area (Å²) in [6.07, 6.45) is 0.259. The minimum absolute atomic E-state index is 0.0455. The molecule has 4 N–H and O–H groups in total. The fraction of sp³-hybridized carbons (Fsp3) is 0.500. The Hall–Kier alpha value is -2.24. The number of nitrogens with one attached hydrogen (secondary N) is 1. The first-order chi connectivity index (χ1) is 10.5. The van der Waals surface area contributed by atoms with Gasteiger partial charge in [0, 0.05) is 13.0 Å². The van der Waals surface area contributed by atoms with E-state index in [1.54, 1.807) is 6.07 Å². The van der Waals surface area contributed by atoms with Crippen molar-refractivity contribution < 1.29 is 24.9 Å². The zero-order valence-electron chi connectivity index (χ0n) is 13.7. The first kappa shape index (κ1) is 22.0. The zero-order valence-corrected chi connectivity index (χ0v) is 13.7. The zero-order chi connectivity index (χ0) is 17.5. The number of carbonyl (C=O) groups excluding carboxylic acids is 1. The normalized spacial score (nSPS) is 8.73. The van der Waals surface area contributed by atoms with E-state index in [0.29, 0.717) is 13.0 Å². The Kier molecular flexibility index (Phi) is 13.8. The third-order valence-corrected chi connectivity index (χ3v) is 2.34. The van der Waals surface area contributed by atoms with Crippen LogP contribution < -0.4 is 5.32 Å². The molecule has 0 spiro atoms. The summed E-state index contributed by atoms with van der Waals surface area (Å²) >= 11 is 0. The number of aromatic hydroxyl groups is 2. The van der Waals surface area contributed by atoms with Gasteiger partial charge in [0.25, 0.3) is 0 Å². The highest BCUT2D eigenvalue weighted by atomic mass is 16.4. The number of carbonyl (C=O) groups is 2. The summed E-state index contributed by atoms with van der Waals surface area (Å²) in [5, 5.41) is 29.3. The summed E-state index contributed by atoms with van der Waals surface area (Å²) in [5.74, 6) is -1.72. The Bertz CT molecular complexity index is 446. The lowest BCUT2D eigenvalue weighted by Gasteiger charge is -2.05. The SMILES string of the molecule is CC.CC.O=C(O)CCC(=O)NCCc1ccc(O)c(O)c1. The smallest absolute Gasteiger partial charge is 0.303 e. The van der Waals surface area contributed by atoms with Crippen molar-refractivity contribution in [2.24, 2.45) is 0 Å². The predicted octanol–water partition coefficient (Wildman–Crippen LogP) is 2.67. The van der Waals surface area contributed by atoms with Crippen LogP contribution in [0.1, 0.15) is 46.1 Å². The molecule has 0 saturated heterocycles. The highest BCUT2D eigenvalue weighted by molar-refractivity contribution is 5.80. The number of phenols is 2. The highest BCUT2D eigenvalue weighted by Crippen LogP contribution is 2.24. The van der Waals surface area contributed by atoms with Gasteiger partial charge in [-0.25, -0.2) is 0 Å². The molecule has 126 valence electrons. The average molecular weight is 313 g/mol. The second-order valence-electron chi connectivity index (χ2n) is 3.82. The summed E-state index contributed by atoms with van der Waals surface area (Å²) < 4.78 is 0. The van der Waals surface area contributed by atoms with Crippen molar-refractivity contribution in [2.45, 2.75) is 47.0 Å². The molecule has 0 atom stereocenters. The van der Waals surface area contributed by atoms with Crippen molar-refractivity contribution in [3.8, 4) is 11.5 Å². The number of carboxylic acid groups (broad SMARTS) is 1. The number of hydrogen-bond acceptors (Lipinski definition) is 4. The molecule has 0 aliphatic heterocycles. The summed E-state index contributed by atoms with van der Waals surface area (Å²) in [5.41, 5.74) is 0.767. The molecule has 6 nitrogen and oxygen atoms in total. The van der Waals surface area contributed by atoms with Crippen LogP contribution in [-0.4, -0.2) is 33.7 Å². The molecule has 0 heterocycles. The lowest BCUT2D eigenvalue weighted by atomic mass is 10.1. The van der Waals surface area contributed by atoms with Gasteiger partial charge in [-0.3, -0.25) is 9.59 Å². The molecule has 1 aromatic carbocycles. The van der Waals surface area contributed by atoms with Crippen molar-refractivity contribution in [1.82, 2.24) is 5.32 Å². The molecular formula is C16H27NO5. The van der Waals surface area contributed by atoms with Crippen molar-refractivity contribution in [3.05, 3.63) is 23.8 Å². The minimum Gasteiger partial charge on any atom is -0.504 e. The second-order valence-corrected chi connectivity index (χ2v) is 3.82. The summed E-state index contributed by atoms with van der Waals surface area (Å²) in [4.78, 5) is 21.4. The maximum absolute atomic E-state index is 11.2. The van der Waals surface area contributed by atoms with Crippen molar-refractivity contribution >= 4 is 11.9 Å². The Morgan fingerprint density at radius 3 is 2.09 bits per heavy atom. The third-order valence-electron chi connectivity index (χ3n) is 2.34. The van der Waals surface area contributed by atoms with Crippen LogP contribution in [0.2, 0.25) is 0 Å². The van der Waals surface area contributed by atoms with Crippen molar-refractivity contribution in [3.63, 3.8) is 0 Å². The molecule has 0 aliphatic rings. The first-order valence-electron chi connectivity index (χ1n) is 7.48. The molecule has 0 saturated carbocycles. The quantitative estimate of drug-likeness (QED) is 0.604. The van der Waals surface area contributed by atoms with Crippen LogP contribution in [0.3, 0.4) is 0 Å². The highest BCUT2D eigenvalue weighted by Gasteiger charge is 2.05. The first-order valence-corrected chi connectivity index (χ1v) is 7.48. The van der Waals surface area contributed by atoms with Gasteiger partial charge in [0.2, 0.25) is 5.91 Å². The van der Waals surface area contributed by atoms with Gasteiger partial charge < -0.3 is 20.6 Å². The van der Waals surface area contributed by atoms with E-state index in [4.69, 9.17) is 10.2 Å². The lowest BCUT2D eigenvalue weighted by Crippen LogP contribution is -2.25. The second kappa shape index (κ2) is 13.7. The van der Waals surface area contributed by atoms with E-state index in [9.17, 15) is 14.7 Å². The van der Waals surface area contributed by atoms with E-state index in [1.165, 1.54) is 12.1 Å². The van der Waals surface area contributed by atoms with Crippen molar-refractivity contribution in [2.75, 3.05) is 6.54 Å².